The van der Waals surface area contributed by atoms with E-state index in [-0.39, 0.29) is 68.0 Å². The number of nitrogens with two attached hydrogens (primary N) is 1. The third kappa shape index (κ3) is 6.85. The molecule has 0 unspecified atom stereocenters. The first-order chi connectivity index (χ1) is 9.35. The summed E-state index contributed by atoms with van der Waals surface area (Å²) in [5, 5.41) is -0.532. The number of ether oxygens (including phenoxy) is 1. The van der Waals surface area contributed by atoms with Crippen LogP contribution in [0.25, 0.3) is 11.3 Å². The van der Waals surface area contributed by atoms with E-state index in [1.54, 1.807) is 6.26 Å². The molecule has 0 saturated carbocycles. The molecule has 2 rings (SSSR count). The summed E-state index contributed by atoms with van der Waals surface area (Å²) < 4.78 is 52.8. The predicted octanol–water partition coefficient (Wildman–Crippen LogP) is 0.597. The van der Waals surface area contributed by atoms with Crippen molar-refractivity contribution < 1.29 is 73.7 Å². The summed E-state index contributed by atoms with van der Waals surface area (Å²) in [5.41, 5.74) is 5.66. The monoisotopic (exact) mass is 364 g/mol. The van der Waals surface area contributed by atoms with Gasteiger partial charge in [0.05, 0.1) is 0 Å². The Labute approximate surface area is 170 Å². The SMILES string of the molecule is C[S-].Nc1nc(-c2ccc(OC(F)(F)F)cc2)c(F)s1.[K+]. The van der Waals surface area contributed by atoms with E-state index in [1.165, 1.54) is 12.1 Å². The Balaban J connectivity index is 0.00000128. The fraction of sp³-hybridized carbons (Fsp3) is 0.182. The van der Waals surface area contributed by atoms with Gasteiger partial charge in [0.15, 0.2) is 5.13 Å². The van der Waals surface area contributed by atoms with Crippen molar-refractivity contribution in [2.45, 2.75) is 6.36 Å². The van der Waals surface area contributed by atoms with Gasteiger partial charge in [0.25, 0.3) is 0 Å². The number of hydrogen-bond donors (Lipinski definition) is 1. The van der Waals surface area contributed by atoms with Crippen molar-refractivity contribution in [3.05, 3.63) is 29.4 Å². The summed E-state index contributed by atoms with van der Waals surface area (Å²) in [6.07, 6.45) is -3.17. The molecule has 0 aliphatic carbocycles. The molecule has 0 fully saturated rings. The molecule has 0 aliphatic rings. The second kappa shape index (κ2) is 9.33. The molecule has 0 amide bonds. The molecular formula is C11H9F4KN2OS2. The summed E-state index contributed by atoms with van der Waals surface area (Å²) in [6.45, 7) is 0. The molecule has 2 N–H and O–H groups in total. The van der Waals surface area contributed by atoms with E-state index in [9.17, 15) is 17.6 Å². The number of nitrogens with zero attached hydrogens (tertiary/aromatic N) is 1. The van der Waals surface area contributed by atoms with Crippen molar-refractivity contribution in [2.24, 2.45) is 0 Å². The van der Waals surface area contributed by atoms with Crippen molar-refractivity contribution in [1.29, 1.82) is 0 Å². The van der Waals surface area contributed by atoms with Gasteiger partial charge in [-0.2, -0.15) is 10.6 Å². The van der Waals surface area contributed by atoms with Crippen molar-refractivity contribution in [3.8, 4) is 17.0 Å². The smallest absolute Gasteiger partial charge is 0.796 e. The third-order valence-corrected chi connectivity index (χ3v) is 2.64. The van der Waals surface area contributed by atoms with Crippen LogP contribution < -0.4 is 61.9 Å². The minimum atomic E-state index is -4.75. The van der Waals surface area contributed by atoms with E-state index in [1.807, 2.05) is 0 Å². The molecule has 1 aromatic carbocycles. The van der Waals surface area contributed by atoms with Gasteiger partial charge >= 0.3 is 57.7 Å². The van der Waals surface area contributed by atoms with E-state index in [0.29, 0.717) is 16.9 Å². The summed E-state index contributed by atoms with van der Waals surface area (Å²) in [5.74, 6) is -0.380. The summed E-state index contributed by atoms with van der Waals surface area (Å²) in [7, 11) is 0. The first kappa shape index (κ1) is 21.2. The zero-order valence-electron chi connectivity index (χ0n) is 11.1. The van der Waals surface area contributed by atoms with Crippen molar-refractivity contribution in [3.63, 3.8) is 0 Å². The van der Waals surface area contributed by atoms with Crippen LogP contribution >= 0.6 is 11.3 Å². The Morgan fingerprint density at radius 2 is 1.71 bits per heavy atom. The summed E-state index contributed by atoms with van der Waals surface area (Å²) in [4.78, 5) is 3.74. The molecule has 0 aliphatic heterocycles. The van der Waals surface area contributed by atoms with Crippen LogP contribution in [0.5, 0.6) is 5.75 Å². The number of alkyl halides is 3. The average Bonchev–Trinajstić information content (AvgIpc) is 2.70. The zero-order valence-corrected chi connectivity index (χ0v) is 15.8. The second-order valence-electron chi connectivity index (χ2n) is 3.25. The van der Waals surface area contributed by atoms with Gasteiger partial charge < -0.3 is 23.1 Å². The Kier molecular flexibility index (Phi) is 9.40. The van der Waals surface area contributed by atoms with E-state index < -0.39 is 11.5 Å². The van der Waals surface area contributed by atoms with Crippen LogP contribution in [0, 0.1) is 5.13 Å². The Morgan fingerprint density at radius 1 is 1.19 bits per heavy atom. The molecule has 0 saturated heterocycles. The standard InChI is InChI=1S/C10H6F4N2OS.CH4S.K/c11-8-7(16-9(15)18-8)5-1-3-6(4-2-5)17-10(12,13)14;1-2;/h1-4H,(H2,15,16);2H,1H3;/q;;+1/p-1. The number of benzene rings is 1. The van der Waals surface area contributed by atoms with Gasteiger partial charge in [-0.25, -0.2) is 4.98 Å². The minimum absolute atomic E-state index is 0. The van der Waals surface area contributed by atoms with E-state index in [2.05, 4.69) is 22.3 Å². The molecule has 3 nitrogen and oxygen atoms in total. The molecule has 0 radical (unpaired) electrons. The number of aromatic nitrogens is 1. The van der Waals surface area contributed by atoms with Crippen LogP contribution in [0.3, 0.4) is 0 Å². The topological polar surface area (TPSA) is 48.1 Å². The van der Waals surface area contributed by atoms with Crippen LogP contribution in [0.2, 0.25) is 0 Å². The predicted molar refractivity (Wildman–Crippen MR) is 71.9 cm³/mol. The number of rotatable bonds is 2. The third-order valence-electron chi connectivity index (χ3n) is 1.96. The van der Waals surface area contributed by atoms with Gasteiger partial charge in [-0.1, -0.05) is 11.3 Å². The molecule has 0 spiro atoms. The van der Waals surface area contributed by atoms with Gasteiger partial charge in [0.1, 0.15) is 11.4 Å². The van der Waals surface area contributed by atoms with Crippen LogP contribution in [0.4, 0.5) is 22.7 Å². The first-order valence-corrected chi connectivity index (χ1v) is 6.67. The van der Waals surface area contributed by atoms with Crippen molar-refractivity contribution in [2.75, 3.05) is 12.0 Å². The normalized spacial score (nSPS) is 10.2. The maximum atomic E-state index is 13.3. The quantitative estimate of drug-likeness (QED) is 0.482. The molecule has 21 heavy (non-hydrogen) atoms. The zero-order chi connectivity index (χ0) is 15.3. The molecule has 0 atom stereocenters. The summed E-state index contributed by atoms with van der Waals surface area (Å²) in [6, 6.07) is 4.72. The van der Waals surface area contributed by atoms with Gasteiger partial charge in [0.2, 0.25) is 5.13 Å². The molecule has 1 aromatic heterocycles. The molecule has 2 aromatic rings. The number of nitrogen functional groups attached to an aromatic ring is 1. The number of hydrogen-bond acceptors (Lipinski definition) is 5. The van der Waals surface area contributed by atoms with Gasteiger partial charge in [0, 0.05) is 5.56 Å². The number of halogens is 4. The van der Waals surface area contributed by atoms with E-state index >= 15 is 0 Å². The molecular weight excluding hydrogens is 355 g/mol. The van der Waals surface area contributed by atoms with Crippen LogP contribution in [0.15, 0.2) is 24.3 Å². The second-order valence-corrected chi connectivity index (χ2v) is 4.23. The Bertz CT molecular complexity index is 560. The van der Waals surface area contributed by atoms with Gasteiger partial charge in [-0.15, -0.1) is 13.2 Å². The van der Waals surface area contributed by atoms with Crippen LogP contribution in [-0.4, -0.2) is 17.6 Å². The molecule has 10 heteroatoms. The Morgan fingerprint density at radius 3 is 2.10 bits per heavy atom. The molecule has 0 bridgehead atoms. The number of anilines is 1. The fourth-order valence-electron chi connectivity index (χ4n) is 1.31. The fourth-order valence-corrected chi connectivity index (χ4v) is 1.89. The Hall–Kier alpha value is 0.156. The van der Waals surface area contributed by atoms with Gasteiger partial charge in [-0.05, 0) is 24.3 Å². The largest absolute Gasteiger partial charge is 1.00 e. The van der Waals surface area contributed by atoms with Crippen LogP contribution in [-0.2, 0) is 12.6 Å². The maximum absolute atomic E-state index is 13.3. The molecule has 1 heterocycles. The van der Waals surface area contributed by atoms with E-state index in [0.717, 1.165) is 12.1 Å². The molecule has 110 valence electrons. The minimum Gasteiger partial charge on any atom is -0.796 e. The maximum Gasteiger partial charge on any atom is 1.00 e. The van der Waals surface area contributed by atoms with Crippen LogP contribution in [0.1, 0.15) is 0 Å². The van der Waals surface area contributed by atoms with Gasteiger partial charge in [-0.3, -0.25) is 0 Å². The average molecular weight is 364 g/mol. The first-order valence-electron chi connectivity index (χ1n) is 5.04. The van der Waals surface area contributed by atoms with Crippen molar-refractivity contribution in [1.82, 2.24) is 4.98 Å². The van der Waals surface area contributed by atoms with E-state index in [4.69, 9.17) is 5.73 Å². The van der Waals surface area contributed by atoms with Crippen molar-refractivity contribution >= 4 is 29.1 Å². The number of thiazole rings is 1. The summed E-state index contributed by atoms with van der Waals surface area (Å²) >= 11 is 4.75.